The molecule has 1 aromatic carbocycles. The number of benzene rings is 1. The summed E-state index contributed by atoms with van der Waals surface area (Å²) in [6.07, 6.45) is 5.23. The fourth-order valence-electron chi connectivity index (χ4n) is 2.64. The van der Waals surface area contributed by atoms with Gasteiger partial charge in [-0.1, -0.05) is 25.5 Å². The van der Waals surface area contributed by atoms with Crippen molar-refractivity contribution in [2.45, 2.75) is 38.6 Å². The van der Waals surface area contributed by atoms with Gasteiger partial charge in [0.25, 0.3) is 0 Å². The Hall–Kier alpha value is -1.02. The third-order valence-corrected chi connectivity index (χ3v) is 3.84. The molecular weight excluding hydrogens is 210 g/mol. The first kappa shape index (κ1) is 12.4. The molecule has 2 heteroatoms. The van der Waals surface area contributed by atoms with Crippen molar-refractivity contribution in [3.63, 3.8) is 0 Å². The average molecular weight is 233 g/mol. The first-order valence-corrected chi connectivity index (χ1v) is 6.66. The van der Waals surface area contributed by atoms with Crippen LogP contribution in [-0.4, -0.2) is 19.7 Å². The van der Waals surface area contributed by atoms with Gasteiger partial charge in [0.15, 0.2) is 0 Å². The Kier molecular flexibility index (Phi) is 4.43. The second-order valence-electron chi connectivity index (χ2n) is 5.07. The molecule has 1 aliphatic carbocycles. The molecule has 1 saturated carbocycles. The summed E-state index contributed by atoms with van der Waals surface area (Å²) in [5, 5.41) is 3.68. The standard InChI is InChI=1S/C15H23NO/c1-12-4-3-5-15(12)16-11-10-13-6-8-14(17-2)9-7-13/h6-9,12,15-16H,3-5,10-11H2,1-2H3. The summed E-state index contributed by atoms with van der Waals surface area (Å²) in [6, 6.07) is 9.12. The number of hydrogen-bond acceptors (Lipinski definition) is 2. The Morgan fingerprint density at radius 2 is 2.00 bits per heavy atom. The minimum absolute atomic E-state index is 0.744. The minimum Gasteiger partial charge on any atom is -0.497 e. The highest BCUT2D eigenvalue weighted by atomic mass is 16.5. The van der Waals surface area contributed by atoms with Crippen molar-refractivity contribution in [2.75, 3.05) is 13.7 Å². The molecule has 2 unspecified atom stereocenters. The lowest BCUT2D eigenvalue weighted by Crippen LogP contribution is -2.32. The Labute approximate surface area is 104 Å². The number of hydrogen-bond donors (Lipinski definition) is 1. The van der Waals surface area contributed by atoms with E-state index < -0.39 is 0 Å². The van der Waals surface area contributed by atoms with E-state index in [1.807, 2.05) is 12.1 Å². The molecule has 1 N–H and O–H groups in total. The van der Waals surface area contributed by atoms with Crippen molar-refractivity contribution in [2.24, 2.45) is 5.92 Å². The van der Waals surface area contributed by atoms with Gasteiger partial charge in [-0.15, -0.1) is 0 Å². The van der Waals surface area contributed by atoms with E-state index in [4.69, 9.17) is 4.74 Å². The molecule has 0 bridgehead atoms. The third-order valence-electron chi connectivity index (χ3n) is 3.84. The lowest BCUT2D eigenvalue weighted by molar-refractivity contribution is 0.414. The highest BCUT2D eigenvalue weighted by Gasteiger charge is 2.21. The van der Waals surface area contributed by atoms with Gasteiger partial charge in [-0.25, -0.2) is 0 Å². The molecule has 0 aromatic heterocycles. The smallest absolute Gasteiger partial charge is 0.118 e. The minimum atomic E-state index is 0.744. The van der Waals surface area contributed by atoms with Crippen LogP contribution in [0.3, 0.4) is 0 Å². The summed E-state index contributed by atoms with van der Waals surface area (Å²) in [5.41, 5.74) is 1.38. The molecule has 2 atom stereocenters. The maximum Gasteiger partial charge on any atom is 0.118 e. The van der Waals surface area contributed by atoms with Crippen LogP contribution in [-0.2, 0) is 6.42 Å². The Bertz CT molecular complexity index is 333. The van der Waals surface area contributed by atoms with E-state index in [0.717, 1.165) is 30.7 Å². The van der Waals surface area contributed by atoms with E-state index in [1.54, 1.807) is 7.11 Å². The summed E-state index contributed by atoms with van der Waals surface area (Å²) in [6.45, 7) is 3.44. The molecule has 0 amide bonds. The van der Waals surface area contributed by atoms with Crippen molar-refractivity contribution in [3.8, 4) is 5.75 Å². The molecular formula is C15H23NO. The van der Waals surface area contributed by atoms with Gasteiger partial charge in [-0.05, 0) is 49.4 Å². The van der Waals surface area contributed by atoms with Crippen LogP contribution in [0.15, 0.2) is 24.3 Å². The van der Waals surface area contributed by atoms with Crippen molar-refractivity contribution in [1.29, 1.82) is 0 Å². The molecule has 0 saturated heterocycles. The first-order chi connectivity index (χ1) is 8.29. The molecule has 1 fully saturated rings. The molecule has 0 heterocycles. The van der Waals surface area contributed by atoms with Gasteiger partial charge in [0.2, 0.25) is 0 Å². The van der Waals surface area contributed by atoms with Crippen LogP contribution < -0.4 is 10.1 Å². The first-order valence-electron chi connectivity index (χ1n) is 6.66. The van der Waals surface area contributed by atoms with Gasteiger partial charge in [0.1, 0.15) is 5.75 Å². The van der Waals surface area contributed by atoms with E-state index in [9.17, 15) is 0 Å². The summed E-state index contributed by atoms with van der Waals surface area (Å²) in [4.78, 5) is 0. The summed E-state index contributed by atoms with van der Waals surface area (Å²) in [7, 11) is 1.71. The highest BCUT2D eigenvalue weighted by Crippen LogP contribution is 2.24. The number of ether oxygens (including phenoxy) is 1. The normalized spacial score (nSPS) is 23.9. The zero-order chi connectivity index (χ0) is 12.1. The molecule has 2 nitrogen and oxygen atoms in total. The van der Waals surface area contributed by atoms with Crippen LogP contribution in [0.4, 0.5) is 0 Å². The zero-order valence-electron chi connectivity index (χ0n) is 10.9. The fraction of sp³-hybridized carbons (Fsp3) is 0.600. The number of nitrogens with one attached hydrogen (secondary N) is 1. The van der Waals surface area contributed by atoms with Crippen LogP contribution in [0.25, 0.3) is 0 Å². The Morgan fingerprint density at radius 3 is 2.59 bits per heavy atom. The van der Waals surface area contributed by atoms with Gasteiger partial charge >= 0.3 is 0 Å². The second kappa shape index (κ2) is 6.06. The van der Waals surface area contributed by atoms with E-state index in [2.05, 4.69) is 24.4 Å². The van der Waals surface area contributed by atoms with Crippen molar-refractivity contribution in [3.05, 3.63) is 29.8 Å². The summed E-state index contributed by atoms with van der Waals surface area (Å²) < 4.78 is 5.15. The summed E-state index contributed by atoms with van der Waals surface area (Å²) in [5.74, 6) is 1.79. The summed E-state index contributed by atoms with van der Waals surface area (Å²) >= 11 is 0. The SMILES string of the molecule is COc1ccc(CCNC2CCCC2C)cc1. The highest BCUT2D eigenvalue weighted by molar-refractivity contribution is 5.27. The van der Waals surface area contributed by atoms with Gasteiger partial charge in [0, 0.05) is 6.04 Å². The van der Waals surface area contributed by atoms with Crippen molar-refractivity contribution in [1.82, 2.24) is 5.32 Å². The van der Waals surface area contributed by atoms with Gasteiger partial charge in [-0.2, -0.15) is 0 Å². The second-order valence-corrected chi connectivity index (χ2v) is 5.07. The van der Waals surface area contributed by atoms with E-state index in [0.29, 0.717) is 0 Å². The van der Waals surface area contributed by atoms with Crippen LogP contribution in [0, 0.1) is 5.92 Å². The molecule has 0 spiro atoms. The molecule has 17 heavy (non-hydrogen) atoms. The topological polar surface area (TPSA) is 21.3 Å². The Balaban J connectivity index is 1.73. The van der Waals surface area contributed by atoms with Crippen molar-refractivity contribution < 1.29 is 4.74 Å². The van der Waals surface area contributed by atoms with Crippen LogP contribution in [0.2, 0.25) is 0 Å². The van der Waals surface area contributed by atoms with E-state index in [-0.39, 0.29) is 0 Å². The third kappa shape index (κ3) is 3.47. The monoisotopic (exact) mass is 233 g/mol. The van der Waals surface area contributed by atoms with Gasteiger partial charge in [0.05, 0.1) is 7.11 Å². The predicted molar refractivity (Wildman–Crippen MR) is 71.5 cm³/mol. The lowest BCUT2D eigenvalue weighted by atomic mass is 10.1. The molecule has 0 radical (unpaired) electrons. The van der Waals surface area contributed by atoms with Crippen LogP contribution >= 0.6 is 0 Å². The van der Waals surface area contributed by atoms with Crippen LogP contribution in [0.1, 0.15) is 31.7 Å². The van der Waals surface area contributed by atoms with E-state index >= 15 is 0 Å². The molecule has 1 aliphatic rings. The molecule has 0 aliphatic heterocycles. The van der Waals surface area contributed by atoms with Gasteiger partial charge in [-0.3, -0.25) is 0 Å². The number of methoxy groups -OCH3 is 1. The lowest BCUT2D eigenvalue weighted by Gasteiger charge is -2.17. The fourth-order valence-corrected chi connectivity index (χ4v) is 2.64. The van der Waals surface area contributed by atoms with Crippen molar-refractivity contribution >= 4 is 0 Å². The van der Waals surface area contributed by atoms with E-state index in [1.165, 1.54) is 24.8 Å². The maximum atomic E-state index is 5.15. The maximum absolute atomic E-state index is 5.15. The van der Waals surface area contributed by atoms with Crippen LogP contribution in [0.5, 0.6) is 5.75 Å². The van der Waals surface area contributed by atoms with Gasteiger partial charge < -0.3 is 10.1 Å². The predicted octanol–water partition coefficient (Wildman–Crippen LogP) is 3.02. The molecule has 94 valence electrons. The largest absolute Gasteiger partial charge is 0.497 e. The quantitative estimate of drug-likeness (QED) is 0.844. The zero-order valence-corrected chi connectivity index (χ0v) is 10.9. The number of rotatable bonds is 5. The average Bonchev–Trinajstić information content (AvgIpc) is 2.76. The molecule has 1 aromatic rings. The molecule has 2 rings (SSSR count). The Morgan fingerprint density at radius 1 is 1.24 bits per heavy atom.